The molecule has 0 nitrogen and oxygen atoms in total. The van der Waals surface area contributed by atoms with Crippen molar-refractivity contribution in [2.45, 2.75) is 12.3 Å². The van der Waals surface area contributed by atoms with E-state index in [0.717, 1.165) is 0 Å². The molecule has 1 rings (SSSR count). The van der Waals surface area contributed by atoms with Crippen molar-refractivity contribution in [1.82, 2.24) is 0 Å². The zero-order valence-electron chi connectivity index (χ0n) is 7.46. The van der Waals surface area contributed by atoms with Crippen LogP contribution in [0, 0.1) is 0 Å². The fraction of sp³-hybridized carbons (Fsp3) is 0.167. The number of benzene rings is 1. The highest BCUT2D eigenvalue weighted by Crippen LogP contribution is 2.25. The Morgan fingerprint density at radius 2 is 1.58 bits per heavy atom. The fourth-order valence-electron chi connectivity index (χ4n) is 1.12. The average molecular weight is 158 g/mol. The third-order valence-electron chi connectivity index (χ3n) is 2.24. The lowest BCUT2D eigenvalue weighted by atomic mass is 9.83. The first-order chi connectivity index (χ1) is 5.73. The van der Waals surface area contributed by atoms with E-state index in [-0.39, 0.29) is 5.41 Å². The molecule has 0 spiro atoms. The molecular weight excluding hydrogens is 144 g/mol. The van der Waals surface area contributed by atoms with Gasteiger partial charge in [0.25, 0.3) is 0 Å². The average Bonchev–Trinajstić information content (AvgIpc) is 2.18. The van der Waals surface area contributed by atoms with Gasteiger partial charge in [0.05, 0.1) is 0 Å². The molecule has 0 atom stereocenters. The van der Waals surface area contributed by atoms with E-state index in [2.05, 4.69) is 32.2 Å². The van der Waals surface area contributed by atoms with Crippen molar-refractivity contribution in [2.24, 2.45) is 0 Å². The maximum atomic E-state index is 3.81. The monoisotopic (exact) mass is 158 g/mol. The van der Waals surface area contributed by atoms with Crippen LogP contribution in [-0.4, -0.2) is 0 Å². The van der Waals surface area contributed by atoms with Crippen LogP contribution in [0.4, 0.5) is 0 Å². The summed E-state index contributed by atoms with van der Waals surface area (Å²) in [5, 5.41) is 0. The zero-order valence-corrected chi connectivity index (χ0v) is 7.46. The molecule has 0 bridgehead atoms. The van der Waals surface area contributed by atoms with Gasteiger partial charge in [-0.2, -0.15) is 0 Å². The van der Waals surface area contributed by atoms with Crippen molar-refractivity contribution in [1.29, 1.82) is 0 Å². The summed E-state index contributed by atoms with van der Waals surface area (Å²) in [6.45, 7) is 9.72. The van der Waals surface area contributed by atoms with Gasteiger partial charge in [0.2, 0.25) is 0 Å². The van der Waals surface area contributed by atoms with Gasteiger partial charge in [0.1, 0.15) is 0 Å². The van der Waals surface area contributed by atoms with Gasteiger partial charge in [-0.3, -0.25) is 0 Å². The van der Waals surface area contributed by atoms with Gasteiger partial charge in [-0.25, -0.2) is 0 Å². The summed E-state index contributed by atoms with van der Waals surface area (Å²) in [6.07, 6.45) is 3.82. The molecule has 0 heteroatoms. The number of rotatable bonds is 3. The smallest absolute Gasteiger partial charge is 0.0278 e. The second-order valence-corrected chi connectivity index (χ2v) is 3.06. The lowest BCUT2D eigenvalue weighted by Gasteiger charge is -2.21. The van der Waals surface area contributed by atoms with Crippen LogP contribution in [0.5, 0.6) is 0 Å². The third-order valence-corrected chi connectivity index (χ3v) is 2.24. The summed E-state index contributed by atoms with van der Waals surface area (Å²) in [5.74, 6) is 0. The van der Waals surface area contributed by atoms with E-state index in [1.165, 1.54) is 5.56 Å². The van der Waals surface area contributed by atoms with Crippen molar-refractivity contribution in [3.63, 3.8) is 0 Å². The van der Waals surface area contributed by atoms with Crippen LogP contribution in [-0.2, 0) is 5.41 Å². The van der Waals surface area contributed by atoms with Gasteiger partial charge < -0.3 is 0 Å². The van der Waals surface area contributed by atoms with Gasteiger partial charge >= 0.3 is 0 Å². The Labute approximate surface area is 74.2 Å². The first-order valence-electron chi connectivity index (χ1n) is 4.05. The predicted octanol–water partition coefficient (Wildman–Crippen LogP) is 3.32. The van der Waals surface area contributed by atoms with Crippen LogP contribution in [0.25, 0.3) is 0 Å². The van der Waals surface area contributed by atoms with Crippen molar-refractivity contribution in [3.8, 4) is 0 Å². The standard InChI is InChI=1S/C12H14/c1-4-12(3,5-2)11-9-7-6-8-10-11/h4-10H,1-2H2,3H3. The summed E-state index contributed by atoms with van der Waals surface area (Å²) in [4.78, 5) is 0. The second kappa shape index (κ2) is 3.40. The van der Waals surface area contributed by atoms with Crippen molar-refractivity contribution in [3.05, 3.63) is 61.2 Å². The van der Waals surface area contributed by atoms with Crippen LogP contribution in [0.3, 0.4) is 0 Å². The number of allylic oxidation sites excluding steroid dienone is 2. The maximum absolute atomic E-state index is 3.81. The molecule has 0 N–H and O–H groups in total. The molecule has 0 aromatic heterocycles. The van der Waals surface area contributed by atoms with Crippen molar-refractivity contribution >= 4 is 0 Å². The number of hydrogen-bond acceptors (Lipinski definition) is 0. The summed E-state index contributed by atoms with van der Waals surface area (Å²) >= 11 is 0. The Kier molecular flexibility index (Phi) is 2.49. The minimum absolute atomic E-state index is 0.0960. The minimum atomic E-state index is -0.0960. The highest BCUT2D eigenvalue weighted by molar-refractivity contribution is 5.33. The molecule has 0 saturated carbocycles. The normalized spacial score (nSPS) is 10.8. The fourth-order valence-corrected chi connectivity index (χ4v) is 1.12. The predicted molar refractivity (Wildman–Crippen MR) is 54.2 cm³/mol. The first-order valence-corrected chi connectivity index (χ1v) is 4.05. The van der Waals surface area contributed by atoms with Gasteiger partial charge in [-0.05, 0) is 12.5 Å². The molecular formula is C12H14. The molecule has 12 heavy (non-hydrogen) atoms. The maximum Gasteiger partial charge on any atom is 0.0278 e. The highest BCUT2D eigenvalue weighted by atomic mass is 14.2. The Bertz CT molecular complexity index is 261. The van der Waals surface area contributed by atoms with Gasteiger partial charge in [-0.1, -0.05) is 42.5 Å². The van der Waals surface area contributed by atoms with Gasteiger partial charge in [-0.15, -0.1) is 13.2 Å². The van der Waals surface area contributed by atoms with E-state index in [4.69, 9.17) is 0 Å². The van der Waals surface area contributed by atoms with E-state index in [9.17, 15) is 0 Å². The topological polar surface area (TPSA) is 0 Å². The highest BCUT2D eigenvalue weighted by Gasteiger charge is 2.16. The molecule has 0 amide bonds. The molecule has 0 aliphatic heterocycles. The lowest BCUT2D eigenvalue weighted by molar-refractivity contribution is 0.762. The molecule has 62 valence electrons. The molecule has 0 radical (unpaired) electrons. The van der Waals surface area contributed by atoms with Crippen LogP contribution >= 0.6 is 0 Å². The molecule has 0 heterocycles. The van der Waals surface area contributed by atoms with E-state index < -0.39 is 0 Å². The van der Waals surface area contributed by atoms with E-state index >= 15 is 0 Å². The Morgan fingerprint density at radius 1 is 1.08 bits per heavy atom. The summed E-state index contributed by atoms with van der Waals surface area (Å²) in [5.41, 5.74) is 1.14. The summed E-state index contributed by atoms with van der Waals surface area (Å²) < 4.78 is 0. The van der Waals surface area contributed by atoms with Crippen LogP contribution < -0.4 is 0 Å². The van der Waals surface area contributed by atoms with Crippen molar-refractivity contribution < 1.29 is 0 Å². The lowest BCUT2D eigenvalue weighted by Crippen LogP contribution is -2.13. The van der Waals surface area contributed by atoms with Crippen LogP contribution in [0.15, 0.2) is 55.6 Å². The SMILES string of the molecule is C=CC(C)(C=C)c1ccccc1. The summed E-state index contributed by atoms with van der Waals surface area (Å²) in [6, 6.07) is 10.2. The zero-order chi connectivity index (χ0) is 9.03. The largest absolute Gasteiger partial charge is 0.102 e. The Morgan fingerprint density at radius 3 is 2.00 bits per heavy atom. The molecule has 0 aliphatic carbocycles. The molecule has 0 unspecified atom stereocenters. The van der Waals surface area contributed by atoms with Gasteiger partial charge in [0.15, 0.2) is 0 Å². The quantitative estimate of drug-likeness (QED) is 0.592. The molecule has 1 aromatic rings. The minimum Gasteiger partial charge on any atom is -0.102 e. The van der Waals surface area contributed by atoms with E-state index in [0.29, 0.717) is 0 Å². The number of hydrogen-bond donors (Lipinski definition) is 0. The Hall–Kier alpha value is -1.30. The van der Waals surface area contributed by atoms with E-state index in [1.54, 1.807) is 0 Å². The van der Waals surface area contributed by atoms with Crippen molar-refractivity contribution in [2.75, 3.05) is 0 Å². The molecule has 0 saturated heterocycles. The third kappa shape index (κ3) is 1.48. The van der Waals surface area contributed by atoms with E-state index in [1.807, 2.05) is 30.4 Å². The van der Waals surface area contributed by atoms with Crippen LogP contribution in [0.1, 0.15) is 12.5 Å². The second-order valence-electron chi connectivity index (χ2n) is 3.06. The first kappa shape index (κ1) is 8.79. The molecule has 0 aliphatic rings. The Balaban J connectivity index is 3.11. The molecule has 0 fully saturated rings. The molecule has 1 aromatic carbocycles. The summed E-state index contributed by atoms with van der Waals surface area (Å²) in [7, 11) is 0. The van der Waals surface area contributed by atoms with Gasteiger partial charge in [0, 0.05) is 5.41 Å². The van der Waals surface area contributed by atoms with Crippen LogP contribution in [0.2, 0.25) is 0 Å².